The molecule has 0 radical (unpaired) electrons. The molecule has 0 saturated carbocycles. The number of rotatable bonds is 6. The molecule has 0 unspecified atom stereocenters. The first-order chi connectivity index (χ1) is 16.9. The van der Waals surface area contributed by atoms with Crippen LogP contribution in [0, 0.1) is 5.82 Å². The van der Waals surface area contributed by atoms with E-state index < -0.39 is 5.82 Å². The highest BCUT2D eigenvalue weighted by atomic mass is 35.5. The molecule has 2 heterocycles. The zero-order chi connectivity index (χ0) is 24.5. The van der Waals surface area contributed by atoms with Gasteiger partial charge in [0, 0.05) is 22.2 Å². The summed E-state index contributed by atoms with van der Waals surface area (Å²) in [5.41, 5.74) is 2.01. The topological polar surface area (TPSA) is 78.2 Å². The van der Waals surface area contributed by atoms with Crippen LogP contribution in [0.15, 0.2) is 77.9 Å². The molecule has 9 heteroatoms. The lowest BCUT2D eigenvalue weighted by molar-refractivity contribution is -0.116. The number of methoxy groups -OCH3 is 1. The largest absolute Gasteiger partial charge is 0.497 e. The van der Waals surface area contributed by atoms with Crippen molar-refractivity contribution in [3.63, 3.8) is 0 Å². The molecule has 5 aromatic rings. The minimum absolute atomic E-state index is 0.171. The Balaban J connectivity index is 1.59. The maximum atomic E-state index is 14.1. The Hall–Kier alpha value is -4.17. The van der Waals surface area contributed by atoms with Gasteiger partial charge in [0.2, 0.25) is 5.91 Å². The van der Waals surface area contributed by atoms with Crippen molar-refractivity contribution < 1.29 is 13.9 Å². The average molecular weight is 491 g/mol. The van der Waals surface area contributed by atoms with Gasteiger partial charge in [0.15, 0.2) is 0 Å². The second kappa shape index (κ2) is 9.23. The number of carbonyl (C=O) groups excluding carboxylic acids is 1. The Morgan fingerprint density at radius 3 is 2.74 bits per heavy atom. The Labute approximate surface area is 204 Å². The molecule has 3 aromatic carbocycles. The van der Waals surface area contributed by atoms with Crippen molar-refractivity contribution in [2.75, 3.05) is 12.4 Å². The Morgan fingerprint density at radius 1 is 1.11 bits per heavy atom. The van der Waals surface area contributed by atoms with E-state index in [2.05, 4.69) is 10.3 Å². The summed E-state index contributed by atoms with van der Waals surface area (Å²) in [6.07, 6.45) is 1.42. The van der Waals surface area contributed by atoms with Crippen molar-refractivity contribution >= 4 is 45.1 Å². The molecule has 1 N–H and O–H groups in total. The summed E-state index contributed by atoms with van der Waals surface area (Å²) in [6.45, 7) is 0.0310. The summed E-state index contributed by atoms with van der Waals surface area (Å²) in [7, 11) is 1.54. The van der Waals surface area contributed by atoms with Crippen molar-refractivity contribution in [2.24, 2.45) is 0 Å². The molecule has 1 amide bonds. The van der Waals surface area contributed by atoms with Gasteiger partial charge in [0.25, 0.3) is 5.56 Å². The van der Waals surface area contributed by atoms with E-state index in [1.807, 2.05) is 18.2 Å². The molecule has 7 nitrogen and oxygen atoms in total. The predicted octanol–water partition coefficient (Wildman–Crippen LogP) is 4.84. The molecule has 0 fully saturated rings. The Kier molecular flexibility index (Phi) is 5.96. The van der Waals surface area contributed by atoms with Crippen molar-refractivity contribution in [1.82, 2.24) is 14.1 Å². The van der Waals surface area contributed by atoms with E-state index in [0.717, 1.165) is 5.56 Å². The summed E-state index contributed by atoms with van der Waals surface area (Å²) < 4.78 is 22.3. The summed E-state index contributed by atoms with van der Waals surface area (Å²) in [5.74, 6) is -0.219. The van der Waals surface area contributed by atoms with Crippen LogP contribution in [0.2, 0.25) is 5.02 Å². The van der Waals surface area contributed by atoms with Gasteiger partial charge in [0.1, 0.15) is 29.1 Å². The fourth-order valence-corrected chi connectivity index (χ4v) is 4.30. The summed E-state index contributed by atoms with van der Waals surface area (Å²) >= 11 is 6.28. The molecule has 5 rings (SSSR count). The van der Waals surface area contributed by atoms with Crippen LogP contribution >= 0.6 is 11.6 Å². The van der Waals surface area contributed by atoms with E-state index in [-0.39, 0.29) is 30.1 Å². The van der Waals surface area contributed by atoms with E-state index in [0.29, 0.717) is 32.9 Å². The monoisotopic (exact) mass is 490 g/mol. The van der Waals surface area contributed by atoms with Gasteiger partial charge in [0.05, 0.1) is 25.5 Å². The van der Waals surface area contributed by atoms with Gasteiger partial charge in [-0.3, -0.25) is 14.2 Å². The van der Waals surface area contributed by atoms with Crippen molar-refractivity contribution in [3.05, 3.63) is 99.8 Å². The number of benzene rings is 3. The molecule has 0 bridgehead atoms. The molecular weight excluding hydrogens is 471 g/mol. The van der Waals surface area contributed by atoms with E-state index in [4.69, 9.17) is 16.3 Å². The fourth-order valence-electron chi connectivity index (χ4n) is 4.10. The molecule has 0 aliphatic heterocycles. The van der Waals surface area contributed by atoms with Crippen LogP contribution < -0.4 is 15.6 Å². The van der Waals surface area contributed by atoms with Gasteiger partial charge < -0.3 is 14.6 Å². The van der Waals surface area contributed by atoms with Crippen LogP contribution in [0.3, 0.4) is 0 Å². The Bertz CT molecular complexity index is 1640. The molecule has 0 saturated heterocycles. The second-order valence-corrected chi connectivity index (χ2v) is 8.40. The number of anilines is 1. The molecular formula is C26H20ClFN4O3. The van der Waals surface area contributed by atoms with Gasteiger partial charge in [-0.05, 0) is 42.0 Å². The van der Waals surface area contributed by atoms with Crippen LogP contribution in [-0.4, -0.2) is 27.1 Å². The maximum absolute atomic E-state index is 14.1. The average Bonchev–Trinajstić information content (AvgIpc) is 3.15. The zero-order valence-corrected chi connectivity index (χ0v) is 19.4. The minimum Gasteiger partial charge on any atom is -0.497 e. The lowest BCUT2D eigenvalue weighted by Crippen LogP contribution is -2.25. The molecule has 2 aromatic heterocycles. The van der Waals surface area contributed by atoms with Crippen molar-refractivity contribution in [3.8, 4) is 5.75 Å². The molecule has 0 atom stereocenters. The number of aromatic nitrogens is 3. The van der Waals surface area contributed by atoms with Gasteiger partial charge in [-0.2, -0.15) is 0 Å². The van der Waals surface area contributed by atoms with Crippen LogP contribution in [0.5, 0.6) is 5.75 Å². The number of nitrogens with zero attached hydrogens (tertiary/aromatic N) is 3. The molecule has 0 aliphatic rings. The third-order valence-corrected chi connectivity index (χ3v) is 6.11. The number of carbonyl (C=O) groups is 1. The third kappa shape index (κ3) is 4.36. The first kappa shape index (κ1) is 22.6. The SMILES string of the molecule is COc1cccc(NC(=O)Cn2c3ccc(F)cc3c3ncn(Cc4ccccc4Cl)c(=O)c32)c1. The van der Waals surface area contributed by atoms with Crippen LogP contribution in [0.1, 0.15) is 5.56 Å². The van der Waals surface area contributed by atoms with E-state index in [1.165, 1.54) is 23.0 Å². The number of halogens is 2. The lowest BCUT2D eigenvalue weighted by atomic mass is 10.2. The van der Waals surface area contributed by atoms with Crippen molar-refractivity contribution in [2.45, 2.75) is 13.1 Å². The maximum Gasteiger partial charge on any atom is 0.278 e. The lowest BCUT2D eigenvalue weighted by Gasteiger charge is -2.11. The smallest absolute Gasteiger partial charge is 0.278 e. The first-order valence-electron chi connectivity index (χ1n) is 10.8. The van der Waals surface area contributed by atoms with Crippen molar-refractivity contribution in [1.29, 1.82) is 0 Å². The Morgan fingerprint density at radius 2 is 1.94 bits per heavy atom. The summed E-state index contributed by atoms with van der Waals surface area (Å²) in [5, 5.41) is 3.80. The second-order valence-electron chi connectivity index (χ2n) is 7.99. The zero-order valence-electron chi connectivity index (χ0n) is 18.7. The van der Waals surface area contributed by atoms with Gasteiger partial charge >= 0.3 is 0 Å². The number of hydrogen-bond donors (Lipinski definition) is 1. The van der Waals surface area contributed by atoms with E-state index in [9.17, 15) is 14.0 Å². The van der Waals surface area contributed by atoms with Crippen LogP contribution in [-0.2, 0) is 17.9 Å². The molecule has 0 aliphatic carbocycles. The number of fused-ring (bicyclic) bond motifs is 3. The number of hydrogen-bond acceptors (Lipinski definition) is 4. The van der Waals surface area contributed by atoms with Gasteiger partial charge in [-0.25, -0.2) is 9.37 Å². The predicted molar refractivity (Wildman–Crippen MR) is 134 cm³/mol. The van der Waals surface area contributed by atoms with E-state index in [1.54, 1.807) is 48.1 Å². The minimum atomic E-state index is -0.459. The normalized spacial score (nSPS) is 11.2. The highest BCUT2D eigenvalue weighted by molar-refractivity contribution is 6.31. The highest BCUT2D eigenvalue weighted by Gasteiger charge is 2.19. The number of amides is 1. The fraction of sp³-hybridized carbons (Fsp3) is 0.115. The van der Waals surface area contributed by atoms with Gasteiger partial charge in [-0.15, -0.1) is 0 Å². The molecule has 0 spiro atoms. The standard InChI is InChI=1S/C26H20ClFN4O3/c1-35-19-7-4-6-18(12-19)30-23(33)14-32-22-10-9-17(28)11-20(22)24-25(32)26(34)31(15-29-24)13-16-5-2-3-8-21(16)27/h2-12,15H,13-14H2,1H3,(H,30,33). The third-order valence-electron chi connectivity index (χ3n) is 5.74. The summed E-state index contributed by atoms with van der Waals surface area (Å²) in [4.78, 5) is 31.0. The van der Waals surface area contributed by atoms with E-state index >= 15 is 0 Å². The number of nitrogens with one attached hydrogen (secondary N) is 1. The van der Waals surface area contributed by atoms with Crippen LogP contribution in [0.25, 0.3) is 21.9 Å². The molecule has 176 valence electrons. The first-order valence-corrected chi connectivity index (χ1v) is 11.2. The van der Waals surface area contributed by atoms with Gasteiger partial charge in [-0.1, -0.05) is 35.9 Å². The molecule has 35 heavy (non-hydrogen) atoms. The number of ether oxygens (including phenoxy) is 1. The highest BCUT2D eigenvalue weighted by Crippen LogP contribution is 2.27. The summed E-state index contributed by atoms with van der Waals surface area (Å²) in [6, 6.07) is 18.3. The quantitative estimate of drug-likeness (QED) is 0.369. The van der Waals surface area contributed by atoms with Crippen LogP contribution in [0.4, 0.5) is 10.1 Å².